The van der Waals surface area contributed by atoms with E-state index in [1.54, 1.807) is 0 Å². The van der Waals surface area contributed by atoms with Gasteiger partial charge in [-0.2, -0.15) is 13.7 Å². The molecule has 0 bridgehead atoms. The van der Waals surface area contributed by atoms with Crippen molar-refractivity contribution < 1.29 is 13.7 Å². The molecule has 0 atom stereocenters. The van der Waals surface area contributed by atoms with Crippen molar-refractivity contribution in [2.75, 3.05) is 0 Å². The van der Waals surface area contributed by atoms with Gasteiger partial charge in [-0.05, 0) is 24.6 Å². The number of hydrogen-bond donors (Lipinski definition) is 0. The Bertz CT molecular complexity index is 771. The average molecular weight is 292 g/mol. The summed E-state index contributed by atoms with van der Waals surface area (Å²) >= 11 is 0. The Morgan fingerprint density at radius 2 is 1.09 bits per heavy atom. The fourth-order valence-electron chi connectivity index (χ4n) is 2.87. The largest absolute Gasteiger partial charge is 0.278 e. The molecule has 0 saturated heterocycles. The van der Waals surface area contributed by atoms with Crippen molar-refractivity contribution >= 4 is 0 Å². The zero-order valence-electron chi connectivity index (χ0n) is 13.6. The first-order chi connectivity index (χ1) is 10.6. The van der Waals surface area contributed by atoms with Crippen molar-refractivity contribution in [3.63, 3.8) is 0 Å². The molecule has 0 aliphatic heterocycles. The summed E-state index contributed by atoms with van der Waals surface area (Å²) in [6, 6.07) is 17.1. The zero-order chi connectivity index (χ0) is 15.7. The van der Waals surface area contributed by atoms with E-state index in [9.17, 15) is 0 Å². The van der Waals surface area contributed by atoms with Gasteiger partial charge in [0.15, 0.2) is 12.4 Å². The summed E-state index contributed by atoms with van der Waals surface area (Å²) in [5.41, 5.74) is 6.08. The molecule has 0 aliphatic rings. The lowest BCUT2D eigenvalue weighted by molar-refractivity contribution is -0.697. The molecule has 3 aromatic rings. The van der Waals surface area contributed by atoms with Crippen LogP contribution in [0, 0.1) is 6.92 Å². The topological polar surface area (TPSA) is 11.6 Å². The normalized spacial score (nSPS) is 10.7. The molecule has 0 fully saturated rings. The first-order valence-corrected chi connectivity index (χ1v) is 7.48. The van der Waals surface area contributed by atoms with Crippen molar-refractivity contribution in [3.05, 3.63) is 66.5 Å². The highest BCUT2D eigenvalue weighted by molar-refractivity contribution is 5.54. The van der Waals surface area contributed by atoms with Gasteiger partial charge in [0, 0.05) is 36.4 Å². The molecule has 3 rings (SSSR count). The molecular weight excluding hydrogens is 270 g/mol. The van der Waals surface area contributed by atoms with Crippen molar-refractivity contribution in [1.82, 2.24) is 0 Å². The van der Waals surface area contributed by atoms with Crippen LogP contribution in [0.25, 0.3) is 22.8 Å². The third-order valence-electron chi connectivity index (χ3n) is 4.09. The Morgan fingerprint density at radius 3 is 1.50 bits per heavy atom. The smallest absolute Gasteiger partial charge is 0.196 e. The molecule has 3 aromatic heterocycles. The monoisotopic (exact) mass is 292 g/mol. The maximum absolute atomic E-state index is 2.26. The summed E-state index contributed by atoms with van der Waals surface area (Å²) < 4.78 is 6.57. The van der Waals surface area contributed by atoms with E-state index in [-0.39, 0.29) is 0 Å². The highest BCUT2D eigenvalue weighted by Gasteiger charge is 2.26. The fourth-order valence-corrected chi connectivity index (χ4v) is 2.87. The van der Waals surface area contributed by atoms with E-state index in [2.05, 4.69) is 103 Å². The summed E-state index contributed by atoms with van der Waals surface area (Å²) in [4.78, 5) is 0. The second kappa shape index (κ2) is 5.68. The molecule has 3 heteroatoms. The molecule has 0 saturated carbocycles. The van der Waals surface area contributed by atoms with E-state index in [4.69, 9.17) is 0 Å². The minimum atomic E-state index is 1.20. The van der Waals surface area contributed by atoms with Gasteiger partial charge < -0.3 is 0 Å². The van der Waals surface area contributed by atoms with Gasteiger partial charge in [-0.3, -0.25) is 0 Å². The van der Waals surface area contributed by atoms with Crippen LogP contribution in [0.4, 0.5) is 0 Å². The molecule has 0 unspecified atom stereocenters. The van der Waals surface area contributed by atoms with Gasteiger partial charge in [0.2, 0.25) is 0 Å². The molecule has 0 N–H and O–H groups in total. The highest BCUT2D eigenvalue weighted by atomic mass is 15.0. The summed E-state index contributed by atoms with van der Waals surface area (Å²) in [5.74, 6) is 0. The Labute approximate surface area is 131 Å². The highest BCUT2D eigenvalue weighted by Crippen LogP contribution is 2.18. The summed E-state index contributed by atoms with van der Waals surface area (Å²) in [6.07, 6.45) is 4.17. The van der Waals surface area contributed by atoms with Crippen molar-refractivity contribution in [1.29, 1.82) is 0 Å². The van der Waals surface area contributed by atoms with E-state index < -0.39 is 0 Å². The van der Waals surface area contributed by atoms with Crippen molar-refractivity contribution in [2.24, 2.45) is 21.1 Å². The minimum absolute atomic E-state index is 1.20. The van der Waals surface area contributed by atoms with E-state index in [1.807, 2.05) is 0 Å². The van der Waals surface area contributed by atoms with Crippen LogP contribution in [-0.4, -0.2) is 0 Å². The van der Waals surface area contributed by atoms with Crippen LogP contribution in [0.3, 0.4) is 0 Å². The van der Waals surface area contributed by atoms with E-state index in [0.717, 1.165) is 0 Å². The van der Waals surface area contributed by atoms with Gasteiger partial charge in [0.1, 0.15) is 21.1 Å². The molecule has 0 aliphatic carbocycles. The quantitative estimate of drug-likeness (QED) is 0.638. The average Bonchev–Trinajstić information content (AvgIpc) is 2.51. The number of aromatic nitrogens is 3. The lowest BCUT2D eigenvalue weighted by Gasteiger charge is -2.05. The van der Waals surface area contributed by atoms with Crippen LogP contribution in [-0.2, 0) is 21.1 Å². The molecule has 22 heavy (non-hydrogen) atoms. The molecule has 0 aromatic carbocycles. The molecule has 0 spiro atoms. The minimum Gasteiger partial charge on any atom is -0.196 e. The number of hydrogen-bond acceptors (Lipinski definition) is 0. The van der Waals surface area contributed by atoms with Crippen LogP contribution >= 0.6 is 0 Å². The van der Waals surface area contributed by atoms with E-state index in [1.165, 1.54) is 28.3 Å². The van der Waals surface area contributed by atoms with Gasteiger partial charge in [0.25, 0.3) is 22.8 Å². The van der Waals surface area contributed by atoms with Crippen molar-refractivity contribution in [3.8, 4) is 22.8 Å². The predicted octanol–water partition coefficient (Wildman–Crippen LogP) is 1.80. The van der Waals surface area contributed by atoms with Crippen LogP contribution < -0.4 is 13.7 Å². The summed E-state index contributed by atoms with van der Waals surface area (Å²) in [7, 11) is 6.30. The SMILES string of the molecule is Cc1cc(-c2cccc[n+]2C)[n+](C)c(-c2cccc[n+]2C)c1. The van der Waals surface area contributed by atoms with Crippen molar-refractivity contribution in [2.45, 2.75) is 6.92 Å². The summed E-state index contributed by atoms with van der Waals surface area (Å²) in [5, 5.41) is 0. The number of rotatable bonds is 2. The lowest BCUT2D eigenvalue weighted by Crippen LogP contribution is -2.42. The first kappa shape index (κ1) is 14.4. The van der Waals surface area contributed by atoms with Crippen LogP contribution in [0.5, 0.6) is 0 Å². The maximum Gasteiger partial charge on any atom is 0.278 e. The van der Waals surface area contributed by atoms with Gasteiger partial charge in [-0.1, -0.05) is 0 Å². The third-order valence-corrected chi connectivity index (χ3v) is 4.09. The number of nitrogens with zero attached hydrogens (tertiary/aromatic N) is 3. The van der Waals surface area contributed by atoms with Crippen LogP contribution in [0.1, 0.15) is 5.56 Å². The van der Waals surface area contributed by atoms with Gasteiger partial charge in [-0.15, -0.1) is 0 Å². The van der Waals surface area contributed by atoms with Gasteiger partial charge in [-0.25, -0.2) is 0 Å². The van der Waals surface area contributed by atoms with Crippen LogP contribution in [0.2, 0.25) is 0 Å². The molecule has 0 amide bonds. The molecule has 3 heterocycles. The lowest BCUT2D eigenvalue weighted by atomic mass is 10.1. The second-order valence-electron chi connectivity index (χ2n) is 5.76. The van der Waals surface area contributed by atoms with E-state index in [0.29, 0.717) is 0 Å². The molecule has 3 nitrogen and oxygen atoms in total. The third kappa shape index (κ3) is 2.50. The molecular formula is C19H22N3+3. The summed E-state index contributed by atoms with van der Waals surface area (Å²) in [6.45, 7) is 2.15. The maximum atomic E-state index is 2.26. The molecule has 110 valence electrons. The van der Waals surface area contributed by atoms with Crippen LogP contribution in [0.15, 0.2) is 60.9 Å². The van der Waals surface area contributed by atoms with Gasteiger partial charge >= 0.3 is 0 Å². The van der Waals surface area contributed by atoms with Gasteiger partial charge in [0.05, 0.1) is 0 Å². The van der Waals surface area contributed by atoms with E-state index >= 15 is 0 Å². The fraction of sp³-hybridized carbons (Fsp3) is 0.211. The first-order valence-electron chi connectivity index (χ1n) is 7.48. The standard InChI is InChI=1S/C19H22N3/c1-15-13-18(16-9-5-7-11-20(16)2)22(4)19(14-15)17-10-6-8-12-21(17)3/h5-14H,1-4H3/q+3. The predicted molar refractivity (Wildman–Crippen MR) is 85.6 cm³/mol. The Kier molecular flexibility index (Phi) is 3.72. The number of pyridine rings is 3. The Morgan fingerprint density at radius 1 is 0.636 bits per heavy atom. The Hall–Kier alpha value is -2.55. The second-order valence-corrected chi connectivity index (χ2v) is 5.76. The molecule has 0 radical (unpaired) electrons. The Balaban J connectivity index is 2.28. The zero-order valence-corrected chi connectivity index (χ0v) is 13.6. The number of aryl methyl sites for hydroxylation is 3.